The number of likely N-dealkylation sites (tertiary alicyclic amines) is 1. The lowest BCUT2D eigenvalue weighted by atomic mass is 10.0. The Morgan fingerprint density at radius 2 is 1.63 bits per heavy atom. The average molecular weight is 428 g/mol. The molecule has 1 heterocycles. The van der Waals surface area contributed by atoms with Gasteiger partial charge in [0, 0.05) is 43.0 Å². The van der Waals surface area contributed by atoms with E-state index in [1.54, 1.807) is 36.2 Å². The van der Waals surface area contributed by atoms with Gasteiger partial charge >= 0.3 is 0 Å². The minimum atomic E-state index is -0.117. The minimum Gasteiger partial charge on any atom is -0.339 e. The minimum absolute atomic E-state index is 0. The fraction of sp³-hybridized carbons (Fsp3) is 0.417. The van der Waals surface area contributed by atoms with Crippen molar-refractivity contribution in [2.24, 2.45) is 5.92 Å². The van der Waals surface area contributed by atoms with Gasteiger partial charge in [-0.2, -0.15) is 0 Å². The molecule has 1 saturated carbocycles. The summed E-state index contributed by atoms with van der Waals surface area (Å²) in [5, 5.41) is 3.65. The first-order chi connectivity index (χ1) is 14.1. The van der Waals surface area contributed by atoms with Crippen molar-refractivity contribution in [1.29, 1.82) is 0 Å². The molecule has 5 nitrogen and oxygen atoms in total. The molecule has 1 N–H and O–H groups in total. The number of hydrogen-bond acceptors (Lipinski definition) is 3. The second kappa shape index (κ2) is 10.1. The van der Waals surface area contributed by atoms with Crippen molar-refractivity contribution in [1.82, 2.24) is 10.2 Å². The number of halogens is 1. The van der Waals surface area contributed by atoms with Gasteiger partial charge in [0.2, 0.25) is 0 Å². The van der Waals surface area contributed by atoms with Crippen LogP contribution in [0.15, 0.2) is 54.6 Å². The number of carbonyl (C=O) groups is 2. The number of piperidine rings is 1. The van der Waals surface area contributed by atoms with E-state index in [0.29, 0.717) is 17.2 Å². The second-order valence-corrected chi connectivity index (χ2v) is 8.20. The van der Waals surface area contributed by atoms with Crippen LogP contribution in [0.2, 0.25) is 0 Å². The Labute approximate surface area is 184 Å². The van der Waals surface area contributed by atoms with Crippen LogP contribution in [0.25, 0.3) is 0 Å². The largest absolute Gasteiger partial charge is 0.339 e. The Kier molecular flexibility index (Phi) is 7.51. The highest BCUT2D eigenvalue weighted by Crippen LogP contribution is 2.28. The summed E-state index contributed by atoms with van der Waals surface area (Å²) < 4.78 is 0. The van der Waals surface area contributed by atoms with E-state index in [9.17, 15) is 9.59 Å². The maximum atomic E-state index is 13.0. The molecule has 30 heavy (non-hydrogen) atoms. The molecule has 0 spiro atoms. The number of benzene rings is 2. The van der Waals surface area contributed by atoms with Crippen LogP contribution in [-0.2, 0) is 0 Å². The van der Waals surface area contributed by atoms with Crippen molar-refractivity contribution < 1.29 is 9.59 Å². The number of rotatable bonds is 6. The van der Waals surface area contributed by atoms with Crippen LogP contribution in [0.5, 0.6) is 0 Å². The van der Waals surface area contributed by atoms with Crippen molar-refractivity contribution in [3.63, 3.8) is 0 Å². The van der Waals surface area contributed by atoms with Crippen molar-refractivity contribution in [3.05, 3.63) is 65.7 Å². The third-order valence-electron chi connectivity index (χ3n) is 5.98. The molecule has 0 radical (unpaired) electrons. The summed E-state index contributed by atoms with van der Waals surface area (Å²) in [4.78, 5) is 29.4. The van der Waals surface area contributed by atoms with Gasteiger partial charge in [-0.3, -0.25) is 9.59 Å². The maximum absolute atomic E-state index is 13.0. The van der Waals surface area contributed by atoms with Gasteiger partial charge in [-0.05, 0) is 68.5 Å². The van der Waals surface area contributed by atoms with Crippen LogP contribution in [0.3, 0.4) is 0 Å². The Bertz CT molecular complexity index is 862. The van der Waals surface area contributed by atoms with Gasteiger partial charge in [-0.1, -0.05) is 24.3 Å². The van der Waals surface area contributed by atoms with Crippen LogP contribution in [0, 0.1) is 5.92 Å². The number of para-hydroxylation sites is 1. The summed E-state index contributed by atoms with van der Waals surface area (Å²) in [6.07, 6.45) is 4.71. The highest BCUT2D eigenvalue weighted by Gasteiger charge is 2.26. The van der Waals surface area contributed by atoms with E-state index in [-0.39, 0.29) is 24.2 Å². The Hall–Kier alpha value is -2.37. The molecular weight excluding hydrogens is 398 g/mol. The van der Waals surface area contributed by atoms with E-state index in [1.807, 2.05) is 35.2 Å². The van der Waals surface area contributed by atoms with E-state index in [1.165, 1.54) is 12.8 Å². The zero-order valence-electron chi connectivity index (χ0n) is 17.4. The first-order valence-corrected chi connectivity index (χ1v) is 10.6. The third-order valence-corrected chi connectivity index (χ3v) is 5.98. The molecule has 4 rings (SSSR count). The van der Waals surface area contributed by atoms with Crippen LogP contribution in [-0.4, -0.2) is 49.4 Å². The zero-order valence-corrected chi connectivity index (χ0v) is 18.2. The van der Waals surface area contributed by atoms with Crippen molar-refractivity contribution in [3.8, 4) is 0 Å². The van der Waals surface area contributed by atoms with Gasteiger partial charge in [0.15, 0.2) is 0 Å². The van der Waals surface area contributed by atoms with Gasteiger partial charge in [0.1, 0.15) is 0 Å². The highest BCUT2D eigenvalue weighted by atomic mass is 35.5. The standard InChI is InChI=1S/C24H29N3O2.ClH/c1-26(22-8-3-2-4-9-22)23(28)19-6-5-7-20(16-19)24(29)27-14-12-21(13-15-27)25-17-18-10-11-18;/h2-9,16,18,21,25H,10-15,17H2,1H3;1H. The smallest absolute Gasteiger partial charge is 0.258 e. The molecule has 1 aliphatic heterocycles. The summed E-state index contributed by atoms with van der Waals surface area (Å²) in [6.45, 7) is 2.66. The molecule has 0 bridgehead atoms. The fourth-order valence-electron chi connectivity index (χ4n) is 3.87. The van der Waals surface area contributed by atoms with Crippen molar-refractivity contribution in [2.45, 2.75) is 31.7 Å². The van der Waals surface area contributed by atoms with Gasteiger partial charge in [-0.25, -0.2) is 0 Å². The number of nitrogens with one attached hydrogen (secondary N) is 1. The quantitative estimate of drug-likeness (QED) is 0.758. The van der Waals surface area contributed by atoms with Crippen LogP contribution in [0.1, 0.15) is 46.4 Å². The predicted molar refractivity (Wildman–Crippen MR) is 123 cm³/mol. The first-order valence-electron chi connectivity index (χ1n) is 10.6. The van der Waals surface area contributed by atoms with E-state index in [0.717, 1.165) is 44.1 Å². The molecule has 2 fully saturated rings. The van der Waals surface area contributed by atoms with Gasteiger partial charge in [0.25, 0.3) is 11.8 Å². The van der Waals surface area contributed by atoms with E-state index < -0.39 is 0 Å². The Morgan fingerprint density at radius 1 is 0.967 bits per heavy atom. The molecule has 6 heteroatoms. The molecule has 0 unspecified atom stereocenters. The predicted octanol–water partition coefficient (Wildman–Crippen LogP) is 3.99. The SMILES string of the molecule is CN(C(=O)c1cccc(C(=O)N2CCC(NCC3CC3)CC2)c1)c1ccccc1.Cl. The molecule has 0 atom stereocenters. The summed E-state index contributed by atoms with van der Waals surface area (Å²) >= 11 is 0. The fourth-order valence-corrected chi connectivity index (χ4v) is 3.87. The van der Waals surface area contributed by atoms with Crippen LogP contribution >= 0.6 is 12.4 Å². The lowest BCUT2D eigenvalue weighted by molar-refractivity contribution is 0.0705. The molecule has 2 aliphatic rings. The maximum Gasteiger partial charge on any atom is 0.258 e. The molecule has 2 aromatic rings. The molecule has 0 aromatic heterocycles. The lowest BCUT2D eigenvalue weighted by Crippen LogP contribution is -2.45. The van der Waals surface area contributed by atoms with Crippen molar-refractivity contribution >= 4 is 29.9 Å². The summed E-state index contributed by atoms with van der Waals surface area (Å²) in [6, 6.07) is 17.1. The average Bonchev–Trinajstić information content (AvgIpc) is 3.62. The van der Waals surface area contributed by atoms with E-state index >= 15 is 0 Å². The monoisotopic (exact) mass is 427 g/mol. The Morgan fingerprint density at radius 3 is 2.30 bits per heavy atom. The molecule has 2 aromatic carbocycles. The lowest BCUT2D eigenvalue weighted by Gasteiger charge is -2.32. The molecular formula is C24H30ClN3O2. The zero-order chi connectivity index (χ0) is 20.2. The van der Waals surface area contributed by atoms with Crippen LogP contribution in [0.4, 0.5) is 5.69 Å². The highest BCUT2D eigenvalue weighted by molar-refractivity contribution is 6.07. The van der Waals surface area contributed by atoms with Gasteiger partial charge in [0.05, 0.1) is 0 Å². The van der Waals surface area contributed by atoms with Crippen LogP contribution < -0.4 is 10.2 Å². The number of anilines is 1. The Balaban J connectivity index is 0.00000256. The summed E-state index contributed by atoms with van der Waals surface area (Å²) in [5.41, 5.74) is 1.94. The molecule has 160 valence electrons. The number of nitrogens with zero attached hydrogens (tertiary/aromatic N) is 2. The van der Waals surface area contributed by atoms with Crippen molar-refractivity contribution in [2.75, 3.05) is 31.6 Å². The summed E-state index contributed by atoms with van der Waals surface area (Å²) in [5.74, 6) is 0.778. The molecule has 1 aliphatic carbocycles. The number of carbonyl (C=O) groups excluding carboxylic acids is 2. The van der Waals surface area contributed by atoms with E-state index in [2.05, 4.69) is 5.32 Å². The van der Waals surface area contributed by atoms with E-state index in [4.69, 9.17) is 0 Å². The molecule has 1 saturated heterocycles. The second-order valence-electron chi connectivity index (χ2n) is 8.20. The van der Waals surface area contributed by atoms with Gasteiger partial charge < -0.3 is 15.1 Å². The summed E-state index contributed by atoms with van der Waals surface area (Å²) in [7, 11) is 1.76. The topological polar surface area (TPSA) is 52.7 Å². The normalized spacial score (nSPS) is 16.6. The molecule has 2 amide bonds. The third kappa shape index (κ3) is 5.41. The first kappa shape index (κ1) is 22.3. The number of amides is 2. The van der Waals surface area contributed by atoms with Gasteiger partial charge in [-0.15, -0.1) is 12.4 Å². The number of hydrogen-bond donors (Lipinski definition) is 1.